The van der Waals surface area contributed by atoms with E-state index in [-0.39, 0.29) is 23.1 Å². The van der Waals surface area contributed by atoms with Crippen molar-refractivity contribution in [1.82, 2.24) is 25.0 Å². The number of pyridine rings is 1. The Morgan fingerprint density at radius 2 is 1.80 bits per heavy atom. The quantitative estimate of drug-likeness (QED) is 0.198. The van der Waals surface area contributed by atoms with E-state index in [4.69, 9.17) is 4.52 Å². The molecule has 12 heteroatoms. The van der Waals surface area contributed by atoms with Crippen molar-refractivity contribution in [3.05, 3.63) is 101 Å². The molecule has 9 nitrogen and oxygen atoms in total. The fourth-order valence-corrected chi connectivity index (χ4v) is 5.43. The summed E-state index contributed by atoms with van der Waals surface area (Å²) in [5.74, 6) is 0.228. The van der Waals surface area contributed by atoms with Crippen LogP contribution in [0.25, 0.3) is 22.6 Å². The van der Waals surface area contributed by atoms with E-state index >= 15 is 0 Å². The van der Waals surface area contributed by atoms with Crippen LogP contribution in [0.5, 0.6) is 0 Å². The van der Waals surface area contributed by atoms with Crippen LogP contribution in [0.3, 0.4) is 0 Å². The van der Waals surface area contributed by atoms with Crippen molar-refractivity contribution in [1.29, 1.82) is 0 Å². The van der Waals surface area contributed by atoms with Gasteiger partial charge in [0.2, 0.25) is 5.95 Å². The molecule has 6 rings (SSSR count). The number of alkyl halides is 3. The molecule has 1 aliphatic heterocycles. The van der Waals surface area contributed by atoms with Crippen molar-refractivity contribution < 1.29 is 22.5 Å². The number of nitrogens with one attached hydrogen (secondary N) is 2. The first kappa shape index (κ1) is 29.9. The van der Waals surface area contributed by atoms with Crippen molar-refractivity contribution in [2.75, 3.05) is 30.8 Å². The summed E-state index contributed by atoms with van der Waals surface area (Å²) in [6, 6.07) is 12.6. The van der Waals surface area contributed by atoms with Gasteiger partial charge in [0.1, 0.15) is 0 Å². The predicted octanol–water partition coefficient (Wildman–Crippen LogP) is 7.24. The summed E-state index contributed by atoms with van der Waals surface area (Å²) < 4.78 is 47.6. The Labute approximate surface area is 257 Å². The van der Waals surface area contributed by atoms with Crippen LogP contribution in [0.2, 0.25) is 0 Å². The van der Waals surface area contributed by atoms with E-state index in [0.29, 0.717) is 29.2 Å². The smallest absolute Gasteiger partial charge is 0.356 e. The predicted molar refractivity (Wildman–Crippen MR) is 164 cm³/mol. The van der Waals surface area contributed by atoms with E-state index in [1.165, 1.54) is 6.07 Å². The summed E-state index contributed by atoms with van der Waals surface area (Å²) in [6.07, 6.45) is 2.73. The first-order valence-corrected chi connectivity index (χ1v) is 14.3. The average Bonchev–Trinajstić information content (AvgIpc) is 3.66. The van der Waals surface area contributed by atoms with Crippen LogP contribution in [0.1, 0.15) is 45.0 Å². The summed E-state index contributed by atoms with van der Waals surface area (Å²) in [5, 5.41) is 9.44. The minimum Gasteiger partial charge on any atom is -0.356 e. The van der Waals surface area contributed by atoms with Crippen LogP contribution < -0.4 is 10.6 Å². The molecule has 1 atom stereocenters. The molecule has 3 aromatic heterocycles. The number of hydrogen-bond acceptors (Lipinski definition) is 8. The first-order valence-electron chi connectivity index (χ1n) is 14.3. The van der Waals surface area contributed by atoms with E-state index in [2.05, 4.69) is 35.6 Å². The van der Waals surface area contributed by atoms with Crippen molar-refractivity contribution in [3.8, 4) is 22.6 Å². The molecule has 0 bridgehead atoms. The van der Waals surface area contributed by atoms with Crippen LogP contribution in [-0.4, -0.2) is 51.1 Å². The lowest BCUT2D eigenvalue weighted by Crippen LogP contribution is -2.18. The maximum Gasteiger partial charge on any atom is 0.418 e. The average molecular weight is 614 g/mol. The van der Waals surface area contributed by atoms with Crippen LogP contribution in [-0.2, 0) is 6.18 Å². The van der Waals surface area contributed by atoms with Crippen LogP contribution in [0.4, 0.5) is 30.5 Å². The fraction of sp³-hybridized carbons (Fsp3) is 0.242. The standard InChI is InChI=1S/C33H30F3N7O2/c1-19-4-5-22(31(44)40-28-7-6-21(13-26(28)33(34,35)36)23-9-11-43(3)18-23)14-29(19)42-32-38-10-8-27(41-32)24-12-25(17-37-16-24)30-20(2)15-39-45-30/h4-8,10,12-17,23H,9,11,18H2,1-3H3,(H,40,44)(H,38,41,42). The van der Waals surface area contributed by atoms with Gasteiger partial charge in [-0.1, -0.05) is 17.3 Å². The topological polar surface area (TPSA) is 109 Å². The number of carbonyl (C=O) groups excluding carboxylic acids is 1. The van der Waals surface area contributed by atoms with Gasteiger partial charge in [-0.15, -0.1) is 0 Å². The third-order valence-corrected chi connectivity index (χ3v) is 7.91. The van der Waals surface area contributed by atoms with Gasteiger partial charge in [-0.25, -0.2) is 9.97 Å². The number of hydrogen-bond donors (Lipinski definition) is 2. The third kappa shape index (κ3) is 6.55. The molecule has 1 saturated heterocycles. The highest BCUT2D eigenvalue weighted by Crippen LogP contribution is 2.38. The van der Waals surface area contributed by atoms with Gasteiger partial charge >= 0.3 is 6.18 Å². The van der Waals surface area contributed by atoms with Gasteiger partial charge in [-0.05, 0) is 87.3 Å². The Hall–Kier alpha value is -5.10. The molecular weight excluding hydrogens is 583 g/mol. The Bertz CT molecular complexity index is 1870. The molecular formula is C33H30F3N7O2. The zero-order chi connectivity index (χ0) is 31.7. The molecule has 45 heavy (non-hydrogen) atoms. The highest BCUT2D eigenvalue weighted by molar-refractivity contribution is 6.05. The summed E-state index contributed by atoms with van der Waals surface area (Å²) in [5.41, 5.74) is 3.90. The highest BCUT2D eigenvalue weighted by atomic mass is 19.4. The third-order valence-electron chi connectivity index (χ3n) is 7.91. The molecule has 1 unspecified atom stereocenters. The summed E-state index contributed by atoms with van der Waals surface area (Å²) in [6.45, 7) is 5.25. The number of rotatable bonds is 7. The summed E-state index contributed by atoms with van der Waals surface area (Å²) >= 11 is 0. The van der Waals surface area contributed by atoms with Crippen molar-refractivity contribution >= 4 is 23.2 Å². The maximum atomic E-state index is 14.1. The number of halogens is 3. The molecule has 0 spiro atoms. The van der Waals surface area contributed by atoms with Gasteiger partial charge in [0.05, 0.1) is 23.1 Å². The number of benzene rings is 2. The van der Waals surface area contributed by atoms with E-state index < -0.39 is 17.6 Å². The van der Waals surface area contributed by atoms with Crippen molar-refractivity contribution in [2.24, 2.45) is 0 Å². The Balaban J connectivity index is 1.22. The zero-order valence-corrected chi connectivity index (χ0v) is 24.8. The lowest BCUT2D eigenvalue weighted by Gasteiger charge is -2.18. The number of likely N-dealkylation sites (tertiary alicyclic amines) is 1. The molecule has 2 N–H and O–H groups in total. The first-order chi connectivity index (χ1) is 21.5. The molecule has 5 aromatic rings. The van der Waals surface area contributed by atoms with Crippen LogP contribution in [0.15, 0.2) is 77.8 Å². The van der Waals surface area contributed by atoms with Crippen molar-refractivity contribution in [3.63, 3.8) is 0 Å². The second-order valence-electron chi connectivity index (χ2n) is 11.2. The number of anilines is 3. The second-order valence-corrected chi connectivity index (χ2v) is 11.2. The number of amides is 1. The zero-order valence-electron chi connectivity index (χ0n) is 24.8. The number of aryl methyl sites for hydroxylation is 2. The van der Waals surface area contributed by atoms with Gasteiger partial charge in [0, 0.05) is 53.1 Å². The molecule has 0 aliphatic carbocycles. The highest BCUT2D eigenvalue weighted by Gasteiger charge is 2.35. The molecule has 1 aliphatic rings. The monoisotopic (exact) mass is 613 g/mol. The number of carbonyl (C=O) groups is 1. The normalized spacial score (nSPS) is 15.3. The summed E-state index contributed by atoms with van der Waals surface area (Å²) in [7, 11) is 1.95. The number of likely N-dealkylation sites (N-methyl/N-ethyl adjacent to an activating group) is 1. The number of aromatic nitrogens is 4. The van der Waals surface area contributed by atoms with Gasteiger partial charge in [-0.2, -0.15) is 13.2 Å². The molecule has 230 valence electrons. The lowest BCUT2D eigenvalue weighted by molar-refractivity contribution is -0.137. The van der Waals surface area contributed by atoms with Crippen LogP contribution in [0, 0.1) is 13.8 Å². The summed E-state index contributed by atoms with van der Waals surface area (Å²) in [4.78, 5) is 28.6. The SMILES string of the molecule is Cc1ccc(C(=O)Nc2ccc(C3CCN(C)C3)cc2C(F)(F)F)cc1Nc1nccc(-c2cncc(-c3oncc3C)c2)n1. The van der Waals surface area contributed by atoms with Crippen LogP contribution >= 0.6 is 0 Å². The maximum absolute atomic E-state index is 14.1. The minimum atomic E-state index is -4.63. The molecule has 1 fully saturated rings. The lowest BCUT2D eigenvalue weighted by atomic mass is 9.95. The van der Waals surface area contributed by atoms with Gasteiger partial charge in [0.25, 0.3) is 5.91 Å². The Morgan fingerprint density at radius 3 is 2.53 bits per heavy atom. The largest absolute Gasteiger partial charge is 0.418 e. The molecule has 4 heterocycles. The molecule has 0 radical (unpaired) electrons. The van der Waals surface area contributed by atoms with Crippen molar-refractivity contribution in [2.45, 2.75) is 32.4 Å². The van der Waals surface area contributed by atoms with E-state index in [0.717, 1.165) is 41.3 Å². The molecule has 2 aromatic carbocycles. The molecule has 1 amide bonds. The van der Waals surface area contributed by atoms with E-state index in [1.807, 2.05) is 27.0 Å². The van der Waals surface area contributed by atoms with Gasteiger partial charge < -0.3 is 20.1 Å². The van der Waals surface area contributed by atoms with Gasteiger partial charge in [0.15, 0.2) is 5.76 Å². The minimum absolute atomic E-state index is 0.0185. The second kappa shape index (κ2) is 12.1. The Kier molecular flexibility index (Phi) is 8.07. The number of nitrogens with zero attached hydrogens (tertiary/aromatic N) is 5. The van der Waals surface area contributed by atoms with Gasteiger partial charge in [-0.3, -0.25) is 9.78 Å². The van der Waals surface area contributed by atoms with E-state index in [1.54, 1.807) is 55.1 Å². The Morgan fingerprint density at radius 1 is 0.978 bits per heavy atom. The van der Waals surface area contributed by atoms with E-state index in [9.17, 15) is 18.0 Å². The fourth-order valence-electron chi connectivity index (χ4n) is 5.43. The molecule has 0 saturated carbocycles.